The number of nitrogens with one attached hydrogen (secondary N) is 2. The van der Waals surface area contributed by atoms with Gasteiger partial charge in [-0.2, -0.15) is 18.3 Å². The molecule has 2 atom stereocenters. The van der Waals surface area contributed by atoms with Gasteiger partial charge in [-0.05, 0) is 18.1 Å². The highest BCUT2D eigenvalue weighted by Crippen LogP contribution is 2.44. The maximum absolute atomic E-state index is 13.7. The Balaban J connectivity index is 1.60. The summed E-state index contributed by atoms with van der Waals surface area (Å²) in [6.45, 7) is 2.24. The van der Waals surface area contributed by atoms with Gasteiger partial charge >= 0.3 is 6.18 Å². The van der Waals surface area contributed by atoms with Crippen molar-refractivity contribution in [2.75, 3.05) is 5.32 Å². The molecule has 1 amide bonds. The number of hydrogen-bond acceptors (Lipinski definition) is 3. The van der Waals surface area contributed by atoms with E-state index in [4.69, 9.17) is 0 Å². The second-order valence-corrected chi connectivity index (χ2v) is 7.42. The lowest BCUT2D eigenvalue weighted by atomic mass is 9.96. The molecule has 0 bridgehead atoms. The van der Waals surface area contributed by atoms with Crippen LogP contribution in [-0.4, -0.2) is 21.9 Å². The van der Waals surface area contributed by atoms with Crippen LogP contribution in [0, 0.1) is 6.92 Å². The van der Waals surface area contributed by atoms with E-state index in [1.54, 1.807) is 24.3 Å². The number of aryl methyl sites for hydroxylation is 1. The third kappa shape index (κ3) is 4.03. The highest BCUT2D eigenvalue weighted by atomic mass is 19.4. The summed E-state index contributed by atoms with van der Waals surface area (Å²) >= 11 is 0. The maximum Gasteiger partial charge on any atom is 0.410 e. The first-order valence-corrected chi connectivity index (χ1v) is 9.62. The van der Waals surface area contributed by atoms with Gasteiger partial charge < -0.3 is 10.6 Å². The minimum Gasteiger partial charge on any atom is -0.363 e. The van der Waals surface area contributed by atoms with Crippen molar-refractivity contribution in [2.45, 2.75) is 38.1 Å². The Labute approximate surface area is 171 Å². The van der Waals surface area contributed by atoms with Crippen LogP contribution in [0.15, 0.2) is 60.8 Å². The molecule has 1 aliphatic heterocycles. The lowest BCUT2D eigenvalue weighted by molar-refractivity contribution is -0.173. The predicted molar refractivity (Wildman–Crippen MR) is 107 cm³/mol. The zero-order valence-corrected chi connectivity index (χ0v) is 16.3. The molecule has 2 N–H and O–H groups in total. The summed E-state index contributed by atoms with van der Waals surface area (Å²) in [4.78, 5) is 12.7. The number of alkyl halides is 3. The number of carbonyl (C=O) groups is 1. The Hall–Kier alpha value is -3.29. The normalized spacial score (nSPS) is 18.4. The molecule has 8 heteroatoms. The summed E-state index contributed by atoms with van der Waals surface area (Å²) < 4.78 is 42.1. The summed E-state index contributed by atoms with van der Waals surface area (Å²) in [7, 11) is 0. The Morgan fingerprint density at radius 2 is 1.87 bits per heavy atom. The van der Waals surface area contributed by atoms with Crippen molar-refractivity contribution in [3.05, 3.63) is 83.0 Å². The van der Waals surface area contributed by atoms with Gasteiger partial charge in [0.15, 0.2) is 6.04 Å². The number of hydrogen-bond donors (Lipinski definition) is 2. The molecule has 0 radical (unpaired) electrons. The average molecular weight is 414 g/mol. The minimum atomic E-state index is -4.48. The summed E-state index contributed by atoms with van der Waals surface area (Å²) in [6.07, 6.45) is -3.49. The van der Waals surface area contributed by atoms with Crippen LogP contribution in [0.1, 0.15) is 45.6 Å². The highest BCUT2D eigenvalue weighted by Gasteiger charge is 2.47. The van der Waals surface area contributed by atoms with Gasteiger partial charge in [-0.1, -0.05) is 60.2 Å². The van der Waals surface area contributed by atoms with Crippen molar-refractivity contribution in [1.82, 2.24) is 15.1 Å². The van der Waals surface area contributed by atoms with E-state index in [1.807, 2.05) is 37.3 Å². The first-order valence-electron chi connectivity index (χ1n) is 9.62. The molecular weight excluding hydrogens is 393 g/mol. The fourth-order valence-corrected chi connectivity index (χ4v) is 3.62. The van der Waals surface area contributed by atoms with Crippen LogP contribution in [0.4, 0.5) is 19.0 Å². The van der Waals surface area contributed by atoms with E-state index >= 15 is 0 Å². The molecule has 5 nitrogen and oxygen atoms in total. The molecule has 156 valence electrons. The van der Waals surface area contributed by atoms with Crippen LogP contribution < -0.4 is 10.6 Å². The average Bonchev–Trinajstić information content (AvgIpc) is 3.16. The minimum absolute atomic E-state index is 0.0823. The molecule has 4 rings (SSSR count). The molecule has 0 spiro atoms. The van der Waals surface area contributed by atoms with Gasteiger partial charge in [0, 0.05) is 13.0 Å². The van der Waals surface area contributed by atoms with Crippen molar-refractivity contribution in [1.29, 1.82) is 0 Å². The number of aromatic nitrogens is 2. The van der Waals surface area contributed by atoms with Crippen LogP contribution in [-0.2, 0) is 6.54 Å². The van der Waals surface area contributed by atoms with Crippen molar-refractivity contribution in [2.24, 2.45) is 0 Å². The quantitative estimate of drug-likeness (QED) is 0.646. The fraction of sp³-hybridized carbons (Fsp3) is 0.273. The third-order valence-corrected chi connectivity index (χ3v) is 5.26. The molecule has 1 aromatic heterocycles. The Morgan fingerprint density at radius 3 is 2.53 bits per heavy atom. The topological polar surface area (TPSA) is 59.0 Å². The zero-order chi connectivity index (χ0) is 21.3. The standard InChI is InChI=1S/C22H21F3N4O/c1-14-7-9-15(10-8-14)12-26-21(30)17-13-27-29-19(22(23,24)25)11-18(28-20(17)29)16-5-3-2-4-6-16/h2-10,13,18-19,28H,11-12H2,1H3,(H,26,30). The van der Waals surface area contributed by atoms with Crippen molar-refractivity contribution in [3.8, 4) is 0 Å². The number of amides is 1. The molecule has 2 aromatic carbocycles. The van der Waals surface area contributed by atoms with E-state index in [0.717, 1.165) is 21.4 Å². The number of fused-ring (bicyclic) bond motifs is 1. The highest BCUT2D eigenvalue weighted by molar-refractivity contribution is 5.98. The van der Waals surface area contributed by atoms with E-state index in [2.05, 4.69) is 15.7 Å². The van der Waals surface area contributed by atoms with Gasteiger partial charge in [-0.15, -0.1) is 0 Å². The Bertz CT molecular complexity index is 1030. The zero-order valence-electron chi connectivity index (χ0n) is 16.3. The van der Waals surface area contributed by atoms with Gasteiger partial charge in [0.1, 0.15) is 11.4 Å². The smallest absolute Gasteiger partial charge is 0.363 e. The van der Waals surface area contributed by atoms with Gasteiger partial charge in [0.05, 0.1) is 12.2 Å². The second-order valence-electron chi connectivity index (χ2n) is 7.42. The first-order chi connectivity index (χ1) is 14.3. The Kier molecular flexibility index (Phi) is 5.24. The number of rotatable bonds is 4. The Morgan fingerprint density at radius 1 is 1.17 bits per heavy atom. The van der Waals surface area contributed by atoms with Crippen molar-refractivity contribution in [3.63, 3.8) is 0 Å². The monoisotopic (exact) mass is 414 g/mol. The van der Waals surface area contributed by atoms with E-state index < -0.39 is 24.2 Å². The SMILES string of the molecule is Cc1ccc(CNC(=O)c2cnn3c2NC(c2ccccc2)CC3C(F)(F)F)cc1. The summed E-state index contributed by atoms with van der Waals surface area (Å²) in [5.74, 6) is -0.391. The van der Waals surface area contributed by atoms with E-state index in [-0.39, 0.29) is 24.3 Å². The van der Waals surface area contributed by atoms with Gasteiger partial charge in [0.2, 0.25) is 0 Å². The van der Waals surface area contributed by atoms with Crippen LogP contribution in [0.3, 0.4) is 0 Å². The molecule has 0 aliphatic carbocycles. The number of anilines is 1. The third-order valence-electron chi connectivity index (χ3n) is 5.26. The summed E-state index contributed by atoms with van der Waals surface area (Å²) in [6, 6.07) is 14.2. The maximum atomic E-state index is 13.7. The molecular formula is C22H21F3N4O. The number of nitrogens with zero attached hydrogens (tertiary/aromatic N) is 2. The molecule has 0 saturated carbocycles. The van der Waals surface area contributed by atoms with Crippen LogP contribution in [0.5, 0.6) is 0 Å². The van der Waals surface area contributed by atoms with Crippen molar-refractivity contribution >= 4 is 11.7 Å². The van der Waals surface area contributed by atoms with Gasteiger partial charge in [0.25, 0.3) is 5.91 Å². The molecule has 30 heavy (non-hydrogen) atoms. The number of carbonyl (C=O) groups excluding carboxylic acids is 1. The number of halogens is 3. The predicted octanol–water partition coefficient (Wildman–Crippen LogP) is 4.78. The fourth-order valence-electron chi connectivity index (χ4n) is 3.62. The summed E-state index contributed by atoms with van der Waals surface area (Å²) in [5.41, 5.74) is 2.82. The first kappa shape index (κ1) is 20.0. The molecule has 0 fully saturated rings. The molecule has 2 heterocycles. The second kappa shape index (κ2) is 7.85. The van der Waals surface area contributed by atoms with Gasteiger partial charge in [-0.25, -0.2) is 4.68 Å². The molecule has 2 unspecified atom stereocenters. The van der Waals surface area contributed by atoms with Gasteiger partial charge in [-0.3, -0.25) is 4.79 Å². The largest absolute Gasteiger partial charge is 0.410 e. The molecule has 1 aliphatic rings. The van der Waals surface area contributed by atoms with E-state index in [9.17, 15) is 18.0 Å². The van der Waals surface area contributed by atoms with E-state index in [1.165, 1.54) is 6.20 Å². The van der Waals surface area contributed by atoms with Crippen LogP contribution in [0.2, 0.25) is 0 Å². The molecule has 3 aromatic rings. The molecule has 0 saturated heterocycles. The summed E-state index contributed by atoms with van der Waals surface area (Å²) in [5, 5.41) is 9.75. The van der Waals surface area contributed by atoms with E-state index in [0.29, 0.717) is 0 Å². The van der Waals surface area contributed by atoms with Crippen LogP contribution >= 0.6 is 0 Å². The number of benzene rings is 2. The lowest BCUT2D eigenvalue weighted by Crippen LogP contribution is -2.36. The lowest BCUT2D eigenvalue weighted by Gasteiger charge is -2.34. The van der Waals surface area contributed by atoms with Crippen molar-refractivity contribution < 1.29 is 18.0 Å². The van der Waals surface area contributed by atoms with Crippen LogP contribution in [0.25, 0.3) is 0 Å².